The summed E-state index contributed by atoms with van der Waals surface area (Å²) in [7, 11) is 0. The van der Waals surface area contributed by atoms with Crippen molar-refractivity contribution in [2.24, 2.45) is 17.2 Å². The fourth-order valence-corrected chi connectivity index (χ4v) is 3.09. The summed E-state index contributed by atoms with van der Waals surface area (Å²) in [6.07, 6.45) is 2.15. The van der Waals surface area contributed by atoms with E-state index in [0.29, 0.717) is 25.1 Å². The number of aliphatic hydroxyl groups is 1. The molecule has 1 heterocycles. The quantitative estimate of drug-likeness (QED) is 0.100. The molecule has 5 unspecified atom stereocenters. The number of nitrogens with zero attached hydrogens (tertiary/aromatic N) is 1. The maximum atomic E-state index is 12.9. The molecule has 0 aromatic carbocycles. The normalized spacial score (nSPS) is 15.2. The molecule has 0 saturated carbocycles. The number of unbranched alkanes of at least 4 members (excludes halogenated alkanes) is 1. The highest BCUT2D eigenvalue weighted by Crippen LogP contribution is 2.05. The van der Waals surface area contributed by atoms with E-state index in [9.17, 15) is 34.2 Å². The van der Waals surface area contributed by atoms with Crippen molar-refractivity contribution in [3.8, 4) is 0 Å². The number of aliphatic hydroxyl groups excluding tert-OH is 1. The SMILES string of the molecule is CC(O)C(NC(=O)C(CCCCN)NC(=O)C(N)Cc1cnc[nH]1)C(=O)NC(CC(N)=O)C(=O)O. The van der Waals surface area contributed by atoms with E-state index in [-0.39, 0.29) is 12.8 Å². The lowest BCUT2D eigenvalue weighted by Gasteiger charge is -2.26. The van der Waals surface area contributed by atoms with Crippen LogP contribution in [0.3, 0.4) is 0 Å². The van der Waals surface area contributed by atoms with Crippen LogP contribution in [0, 0.1) is 0 Å². The van der Waals surface area contributed by atoms with Gasteiger partial charge in [-0.2, -0.15) is 0 Å². The summed E-state index contributed by atoms with van der Waals surface area (Å²) in [5.74, 6) is -4.97. The molecule has 0 radical (unpaired) electrons. The molecular weight excluding hydrogens is 464 g/mol. The highest BCUT2D eigenvalue weighted by atomic mass is 16.4. The molecule has 15 nitrogen and oxygen atoms in total. The van der Waals surface area contributed by atoms with E-state index in [1.807, 2.05) is 0 Å². The zero-order valence-electron chi connectivity index (χ0n) is 19.4. The van der Waals surface area contributed by atoms with Gasteiger partial charge in [-0.05, 0) is 32.7 Å². The summed E-state index contributed by atoms with van der Waals surface area (Å²) in [5, 5.41) is 26.1. The lowest BCUT2D eigenvalue weighted by molar-refractivity contribution is -0.144. The number of hydrogen-bond acceptors (Lipinski definition) is 9. The number of hydrogen-bond donors (Lipinski definition) is 9. The van der Waals surface area contributed by atoms with Crippen LogP contribution in [-0.2, 0) is 30.4 Å². The van der Waals surface area contributed by atoms with Crippen LogP contribution in [0.25, 0.3) is 0 Å². The molecule has 12 N–H and O–H groups in total. The number of H-pyrrole nitrogens is 1. The predicted octanol–water partition coefficient (Wildman–Crippen LogP) is -3.80. The Morgan fingerprint density at radius 2 is 1.71 bits per heavy atom. The summed E-state index contributed by atoms with van der Waals surface area (Å²) in [5.41, 5.74) is 17.0. The van der Waals surface area contributed by atoms with Crippen molar-refractivity contribution in [1.29, 1.82) is 0 Å². The molecule has 35 heavy (non-hydrogen) atoms. The molecule has 0 bridgehead atoms. The molecule has 1 rings (SSSR count). The molecule has 0 fully saturated rings. The van der Waals surface area contributed by atoms with E-state index in [0.717, 1.165) is 0 Å². The number of carbonyl (C=O) groups excluding carboxylic acids is 4. The van der Waals surface area contributed by atoms with Crippen LogP contribution in [0.1, 0.15) is 38.3 Å². The molecule has 1 aromatic heterocycles. The maximum absolute atomic E-state index is 12.9. The van der Waals surface area contributed by atoms with E-state index < -0.39 is 66.3 Å². The number of imidazole rings is 1. The highest BCUT2D eigenvalue weighted by Gasteiger charge is 2.33. The second kappa shape index (κ2) is 14.6. The minimum absolute atomic E-state index is 0.137. The molecule has 0 aliphatic carbocycles. The van der Waals surface area contributed by atoms with Crippen LogP contribution >= 0.6 is 0 Å². The average molecular weight is 499 g/mol. The Morgan fingerprint density at radius 1 is 1.06 bits per heavy atom. The Bertz CT molecular complexity index is 862. The summed E-state index contributed by atoms with van der Waals surface area (Å²) < 4.78 is 0. The number of aliphatic carboxylic acids is 1. The first kappa shape index (κ1) is 29.5. The van der Waals surface area contributed by atoms with E-state index in [4.69, 9.17) is 17.2 Å². The molecular formula is C20H34N8O7. The summed E-state index contributed by atoms with van der Waals surface area (Å²) in [6, 6.07) is -5.35. The Hall–Kier alpha value is -3.56. The van der Waals surface area contributed by atoms with Gasteiger partial charge in [-0.25, -0.2) is 9.78 Å². The molecule has 0 aliphatic heterocycles. The third kappa shape index (κ3) is 10.5. The lowest BCUT2D eigenvalue weighted by atomic mass is 10.0. The zero-order chi connectivity index (χ0) is 26.5. The van der Waals surface area contributed by atoms with E-state index in [1.165, 1.54) is 19.4 Å². The van der Waals surface area contributed by atoms with E-state index >= 15 is 0 Å². The number of aromatic nitrogens is 2. The predicted molar refractivity (Wildman–Crippen MR) is 122 cm³/mol. The van der Waals surface area contributed by atoms with Gasteiger partial charge >= 0.3 is 5.97 Å². The van der Waals surface area contributed by atoms with Crippen molar-refractivity contribution in [3.63, 3.8) is 0 Å². The molecule has 5 atom stereocenters. The second-order valence-electron chi connectivity index (χ2n) is 8.03. The summed E-state index contributed by atoms with van der Waals surface area (Å²) in [4.78, 5) is 67.1. The third-order valence-electron chi connectivity index (χ3n) is 4.99. The number of nitrogens with one attached hydrogen (secondary N) is 4. The van der Waals surface area contributed by atoms with Crippen LogP contribution in [0.4, 0.5) is 0 Å². The number of carboxylic acids is 1. The molecule has 15 heteroatoms. The monoisotopic (exact) mass is 498 g/mol. The zero-order valence-corrected chi connectivity index (χ0v) is 19.4. The average Bonchev–Trinajstić information content (AvgIpc) is 3.28. The van der Waals surface area contributed by atoms with Gasteiger partial charge in [0.2, 0.25) is 23.6 Å². The van der Waals surface area contributed by atoms with Crippen LogP contribution in [0.15, 0.2) is 12.5 Å². The first-order valence-corrected chi connectivity index (χ1v) is 11.0. The van der Waals surface area contributed by atoms with Crippen molar-refractivity contribution in [3.05, 3.63) is 18.2 Å². The maximum Gasteiger partial charge on any atom is 0.326 e. The van der Waals surface area contributed by atoms with Gasteiger partial charge in [0.15, 0.2) is 0 Å². The Morgan fingerprint density at radius 3 is 2.23 bits per heavy atom. The third-order valence-corrected chi connectivity index (χ3v) is 4.99. The van der Waals surface area contributed by atoms with Crippen LogP contribution < -0.4 is 33.2 Å². The Labute approximate surface area is 201 Å². The molecule has 1 aromatic rings. The van der Waals surface area contributed by atoms with Crippen LogP contribution in [0.2, 0.25) is 0 Å². The van der Waals surface area contributed by atoms with Gasteiger partial charge in [-0.1, -0.05) is 0 Å². The molecule has 196 valence electrons. The molecule has 4 amide bonds. The minimum Gasteiger partial charge on any atom is -0.480 e. The van der Waals surface area contributed by atoms with Crippen LogP contribution in [-0.4, -0.2) is 86.6 Å². The van der Waals surface area contributed by atoms with Gasteiger partial charge in [0.1, 0.15) is 18.1 Å². The van der Waals surface area contributed by atoms with Gasteiger partial charge in [0, 0.05) is 18.3 Å². The van der Waals surface area contributed by atoms with Crippen LogP contribution in [0.5, 0.6) is 0 Å². The highest BCUT2D eigenvalue weighted by molar-refractivity contribution is 5.95. The number of rotatable bonds is 16. The fraction of sp³-hybridized carbons (Fsp3) is 0.600. The number of amides is 4. The minimum atomic E-state index is -1.65. The molecule has 0 saturated heterocycles. The first-order chi connectivity index (χ1) is 16.5. The standard InChI is InChI=1S/C20H34N8O7/c1-10(29)16(19(33)27-14(20(34)35)7-15(23)30)28-18(32)13(4-2-3-5-21)26-17(31)12(22)6-11-8-24-9-25-11/h8-10,12-14,16,29H,2-7,21-22H2,1H3,(H2,23,30)(H,24,25)(H,26,31)(H,27,33)(H,28,32)(H,34,35). The number of carbonyl (C=O) groups is 5. The van der Waals surface area contributed by atoms with Gasteiger partial charge < -0.3 is 48.3 Å². The number of aromatic amines is 1. The topological polar surface area (TPSA) is 269 Å². The van der Waals surface area contributed by atoms with Crippen molar-refractivity contribution in [1.82, 2.24) is 25.9 Å². The van der Waals surface area contributed by atoms with E-state index in [1.54, 1.807) is 0 Å². The smallest absolute Gasteiger partial charge is 0.326 e. The summed E-state index contributed by atoms with van der Waals surface area (Å²) in [6.45, 7) is 1.56. The first-order valence-electron chi connectivity index (χ1n) is 11.0. The van der Waals surface area contributed by atoms with Gasteiger partial charge in [-0.15, -0.1) is 0 Å². The number of carboxylic acid groups (broad SMARTS) is 1. The van der Waals surface area contributed by atoms with E-state index in [2.05, 4.69) is 25.9 Å². The van der Waals surface area contributed by atoms with Crippen molar-refractivity contribution >= 4 is 29.6 Å². The Kier molecular flexibility index (Phi) is 12.3. The van der Waals surface area contributed by atoms with Gasteiger partial charge in [0.25, 0.3) is 0 Å². The molecule has 0 aliphatic rings. The fourth-order valence-electron chi connectivity index (χ4n) is 3.09. The second-order valence-corrected chi connectivity index (χ2v) is 8.03. The lowest BCUT2D eigenvalue weighted by Crippen LogP contribution is -2.60. The van der Waals surface area contributed by atoms with Gasteiger partial charge in [-0.3, -0.25) is 19.2 Å². The van der Waals surface area contributed by atoms with Crippen molar-refractivity contribution in [2.45, 2.75) is 69.3 Å². The number of nitrogens with two attached hydrogens (primary N) is 3. The largest absolute Gasteiger partial charge is 0.480 e. The Balaban J connectivity index is 2.92. The number of primary amides is 1. The van der Waals surface area contributed by atoms with Crippen molar-refractivity contribution in [2.75, 3.05) is 6.54 Å². The molecule has 0 spiro atoms. The summed E-state index contributed by atoms with van der Waals surface area (Å²) >= 11 is 0. The van der Waals surface area contributed by atoms with Gasteiger partial charge in [0.05, 0.1) is 24.9 Å². The van der Waals surface area contributed by atoms with Crippen molar-refractivity contribution < 1.29 is 34.2 Å².